The van der Waals surface area contributed by atoms with Gasteiger partial charge in [0.05, 0.1) is 5.41 Å². The normalized spacial score (nSPS) is 22.6. The van der Waals surface area contributed by atoms with Crippen LogP contribution in [0, 0.1) is 5.41 Å². The van der Waals surface area contributed by atoms with E-state index in [2.05, 4.69) is 4.94 Å². The van der Waals surface area contributed by atoms with Gasteiger partial charge in [-0.2, -0.15) is 0 Å². The fraction of sp³-hybridized carbons (Fsp3) is 0.857. The lowest BCUT2D eigenvalue weighted by atomic mass is 9.89. The van der Waals surface area contributed by atoms with Crippen molar-refractivity contribution >= 4 is 5.97 Å². The second-order valence-electron chi connectivity index (χ2n) is 3.13. The van der Waals surface area contributed by atoms with Gasteiger partial charge in [-0.25, -0.2) is 4.79 Å². The van der Waals surface area contributed by atoms with E-state index >= 15 is 0 Å². The Morgan fingerprint density at radius 1 is 1.50 bits per heavy atom. The first-order valence-corrected chi connectivity index (χ1v) is 3.52. The molecule has 1 aliphatic rings. The van der Waals surface area contributed by atoms with Crippen molar-refractivity contribution in [1.82, 2.24) is 0 Å². The maximum Gasteiger partial charge on any atom is 0.354 e. The summed E-state index contributed by atoms with van der Waals surface area (Å²) in [7, 11) is 0. The topological polar surface area (TPSA) is 26.3 Å². The number of hydrogen-bond acceptors (Lipinski definition) is 2. The van der Waals surface area contributed by atoms with Crippen LogP contribution in [-0.4, -0.2) is 5.97 Å². The second kappa shape index (κ2) is 2.56. The standard InChI is InChI=1S/C7H11FO2/c1-7(6(9)10-8)4-2-3-5-7/h2-5H2,1H3. The van der Waals surface area contributed by atoms with E-state index in [1.807, 2.05) is 0 Å². The van der Waals surface area contributed by atoms with E-state index in [1.54, 1.807) is 6.92 Å². The van der Waals surface area contributed by atoms with Gasteiger partial charge in [0.1, 0.15) is 0 Å². The quantitative estimate of drug-likeness (QED) is 0.565. The molecule has 1 rings (SSSR count). The van der Waals surface area contributed by atoms with Crippen LogP contribution in [-0.2, 0) is 9.74 Å². The predicted octanol–water partition coefficient (Wildman–Crippen LogP) is 1.99. The first kappa shape index (κ1) is 7.51. The molecule has 0 aromatic carbocycles. The molecule has 0 heterocycles. The van der Waals surface area contributed by atoms with E-state index < -0.39 is 11.4 Å². The van der Waals surface area contributed by atoms with E-state index in [4.69, 9.17) is 0 Å². The van der Waals surface area contributed by atoms with Crippen molar-refractivity contribution in [3.05, 3.63) is 0 Å². The highest BCUT2D eigenvalue weighted by Crippen LogP contribution is 2.38. The zero-order chi connectivity index (χ0) is 7.61. The Labute approximate surface area is 59.3 Å². The van der Waals surface area contributed by atoms with Gasteiger partial charge >= 0.3 is 5.97 Å². The molecule has 58 valence electrons. The van der Waals surface area contributed by atoms with Crippen molar-refractivity contribution in [2.75, 3.05) is 0 Å². The first-order chi connectivity index (χ1) is 4.69. The molecule has 0 radical (unpaired) electrons. The maximum absolute atomic E-state index is 11.4. The van der Waals surface area contributed by atoms with Gasteiger partial charge in [-0.15, -0.1) is 0 Å². The van der Waals surface area contributed by atoms with Crippen molar-refractivity contribution in [3.8, 4) is 0 Å². The lowest BCUT2D eigenvalue weighted by Crippen LogP contribution is -2.24. The molecule has 0 amide bonds. The van der Waals surface area contributed by atoms with Gasteiger partial charge in [-0.1, -0.05) is 12.8 Å². The molecule has 0 saturated heterocycles. The smallest absolute Gasteiger partial charge is 0.254 e. The lowest BCUT2D eigenvalue weighted by Gasteiger charge is -2.16. The lowest BCUT2D eigenvalue weighted by molar-refractivity contribution is -0.195. The van der Waals surface area contributed by atoms with Crippen molar-refractivity contribution in [3.63, 3.8) is 0 Å². The van der Waals surface area contributed by atoms with Crippen LogP contribution in [0.3, 0.4) is 0 Å². The number of rotatable bonds is 1. The van der Waals surface area contributed by atoms with Crippen LogP contribution in [0.25, 0.3) is 0 Å². The average Bonchev–Trinajstić information content (AvgIpc) is 2.36. The molecule has 2 nitrogen and oxygen atoms in total. The SMILES string of the molecule is CC1(C(=O)OF)CCCC1. The minimum atomic E-state index is -0.704. The third kappa shape index (κ3) is 1.13. The molecule has 0 atom stereocenters. The van der Waals surface area contributed by atoms with Crippen molar-refractivity contribution in [2.45, 2.75) is 32.6 Å². The summed E-state index contributed by atoms with van der Waals surface area (Å²) < 4.78 is 11.4. The molecule has 0 aromatic rings. The summed E-state index contributed by atoms with van der Waals surface area (Å²) >= 11 is 0. The molecule has 0 spiro atoms. The molecule has 0 unspecified atom stereocenters. The molecular weight excluding hydrogens is 135 g/mol. The minimum absolute atomic E-state index is 0.533. The summed E-state index contributed by atoms with van der Waals surface area (Å²) in [4.78, 5) is 13.9. The molecule has 3 heteroatoms. The maximum atomic E-state index is 11.4. The average molecular weight is 146 g/mol. The Balaban J connectivity index is 2.58. The second-order valence-corrected chi connectivity index (χ2v) is 3.13. The van der Waals surface area contributed by atoms with Crippen LogP contribution in [0.5, 0.6) is 0 Å². The number of carbonyl (C=O) groups is 1. The van der Waals surface area contributed by atoms with Gasteiger partial charge in [0.15, 0.2) is 0 Å². The van der Waals surface area contributed by atoms with Crippen molar-refractivity contribution in [1.29, 1.82) is 0 Å². The Morgan fingerprint density at radius 3 is 2.40 bits per heavy atom. The van der Waals surface area contributed by atoms with Gasteiger partial charge in [-0.3, -0.25) is 4.94 Å². The molecule has 0 aliphatic heterocycles. The summed E-state index contributed by atoms with van der Waals surface area (Å²) in [6.45, 7) is 1.75. The predicted molar refractivity (Wildman–Crippen MR) is 33.8 cm³/mol. The molecule has 0 aromatic heterocycles. The van der Waals surface area contributed by atoms with Crippen LogP contribution in [0.4, 0.5) is 4.53 Å². The van der Waals surface area contributed by atoms with Gasteiger partial charge in [0.2, 0.25) is 0 Å². The minimum Gasteiger partial charge on any atom is -0.254 e. The molecule has 10 heavy (non-hydrogen) atoms. The Hall–Kier alpha value is -0.600. The van der Waals surface area contributed by atoms with Crippen LogP contribution in [0.2, 0.25) is 0 Å². The Bertz CT molecular complexity index is 139. The summed E-state index contributed by atoms with van der Waals surface area (Å²) in [5.41, 5.74) is -0.533. The molecule has 1 fully saturated rings. The monoisotopic (exact) mass is 146 g/mol. The summed E-state index contributed by atoms with van der Waals surface area (Å²) in [5.74, 6) is -0.704. The third-order valence-electron chi connectivity index (χ3n) is 2.27. The molecule has 0 N–H and O–H groups in total. The van der Waals surface area contributed by atoms with E-state index in [9.17, 15) is 9.32 Å². The van der Waals surface area contributed by atoms with E-state index in [-0.39, 0.29) is 0 Å². The highest BCUT2D eigenvalue weighted by atomic mass is 19.3. The van der Waals surface area contributed by atoms with Crippen molar-refractivity contribution in [2.24, 2.45) is 5.41 Å². The molecule has 1 aliphatic carbocycles. The van der Waals surface area contributed by atoms with Gasteiger partial charge in [-0.05, 0) is 19.8 Å². The van der Waals surface area contributed by atoms with Gasteiger partial charge in [0, 0.05) is 4.53 Å². The van der Waals surface area contributed by atoms with Gasteiger partial charge < -0.3 is 0 Å². The summed E-state index contributed by atoms with van der Waals surface area (Å²) in [5, 5.41) is 0. The molecule has 0 bridgehead atoms. The Kier molecular flexibility index (Phi) is 1.92. The van der Waals surface area contributed by atoms with E-state index in [0.717, 1.165) is 25.7 Å². The summed E-state index contributed by atoms with van der Waals surface area (Å²) in [6, 6.07) is 0. The number of hydrogen-bond donors (Lipinski definition) is 0. The first-order valence-electron chi connectivity index (χ1n) is 3.52. The highest BCUT2D eigenvalue weighted by molar-refractivity contribution is 5.76. The van der Waals surface area contributed by atoms with E-state index in [0.29, 0.717) is 0 Å². The summed E-state index contributed by atoms with van der Waals surface area (Å²) in [6.07, 6.45) is 3.53. The molecule has 1 saturated carbocycles. The van der Waals surface area contributed by atoms with Gasteiger partial charge in [0.25, 0.3) is 0 Å². The third-order valence-corrected chi connectivity index (χ3v) is 2.27. The van der Waals surface area contributed by atoms with Crippen LogP contribution >= 0.6 is 0 Å². The van der Waals surface area contributed by atoms with Crippen LogP contribution in [0.15, 0.2) is 0 Å². The Morgan fingerprint density at radius 2 is 2.00 bits per heavy atom. The fourth-order valence-corrected chi connectivity index (χ4v) is 1.45. The zero-order valence-corrected chi connectivity index (χ0v) is 6.02. The fourth-order valence-electron chi connectivity index (χ4n) is 1.45. The zero-order valence-electron chi connectivity index (χ0n) is 6.02. The van der Waals surface area contributed by atoms with E-state index in [1.165, 1.54) is 0 Å². The molecular formula is C7H11FO2. The van der Waals surface area contributed by atoms with Crippen LogP contribution in [0.1, 0.15) is 32.6 Å². The number of halogens is 1. The van der Waals surface area contributed by atoms with Crippen molar-refractivity contribution < 1.29 is 14.3 Å². The van der Waals surface area contributed by atoms with Crippen LogP contribution < -0.4 is 0 Å². The number of carbonyl (C=O) groups excluding carboxylic acids is 1. The highest BCUT2D eigenvalue weighted by Gasteiger charge is 2.38. The largest absolute Gasteiger partial charge is 0.354 e.